The first-order valence-corrected chi connectivity index (χ1v) is 4.74. The monoisotopic (exact) mass is 235 g/mol. The summed E-state index contributed by atoms with van der Waals surface area (Å²) in [5.41, 5.74) is 2.77. The van der Waals surface area contributed by atoms with Crippen molar-refractivity contribution in [3.05, 3.63) is 36.3 Å². The van der Waals surface area contributed by atoms with Gasteiger partial charge in [0.1, 0.15) is 11.3 Å². The summed E-state index contributed by atoms with van der Waals surface area (Å²) in [7, 11) is 0. The predicted molar refractivity (Wildman–Crippen MR) is 56.2 cm³/mol. The fourth-order valence-corrected chi connectivity index (χ4v) is 1.26. The number of amides is 1. The molecule has 0 aliphatic carbocycles. The molecule has 88 valence electrons. The highest BCUT2D eigenvalue weighted by molar-refractivity contribution is 5.92. The first kappa shape index (κ1) is 11.1. The molecule has 0 atom stereocenters. The molecule has 0 bridgehead atoms. The van der Waals surface area contributed by atoms with Crippen LogP contribution >= 0.6 is 0 Å². The van der Waals surface area contributed by atoms with Crippen molar-refractivity contribution in [1.82, 2.24) is 14.9 Å². The number of carboxylic acid groups (broad SMARTS) is 1. The van der Waals surface area contributed by atoms with E-state index in [1.54, 1.807) is 28.8 Å². The summed E-state index contributed by atoms with van der Waals surface area (Å²) in [6.07, 6.45) is 3.27. The van der Waals surface area contributed by atoms with Crippen LogP contribution in [0.1, 0.15) is 10.5 Å². The molecule has 0 radical (unpaired) electrons. The van der Waals surface area contributed by atoms with Gasteiger partial charge in [0.15, 0.2) is 6.61 Å². The largest absolute Gasteiger partial charge is 0.479 e. The molecule has 0 aromatic carbocycles. The summed E-state index contributed by atoms with van der Waals surface area (Å²) < 4.78 is 1.67. The minimum Gasteiger partial charge on any atom is -0.479 e. The van der Waals surface area contributed by atoms with Gasteiger partial charge in [-0.2, -0.15) is 0 Å². The molecule has 7 nitrogen and oxygen atoms in total. The Labute approximate surface area is 95.6 Å². The van der Waals surface area contributed by atoms with Crippen LogP contribution in [0.25, 0.3) is 5.65 Å². The molecule has 17 heavy (non-hydrogen) atoms. The second-order valence-corrected chi connectivity index (χ2v) is 3.21. The predicted octanol–water partition coefficient (Wildman–Crippen LogP) is 0.0803. The van der Waals surface area contributed by atoms with E-state index in [2.05, 4.69) is 9.82 Å². The van der Waals surface area contributed by atoms with E-state index in [1.165, 1.54) is 6.20 Å². The van der Waals surface area contributed by atoms with E-state index in [4.69, 9.17) is 5.11 Å². The molecule has 0 aliphatic rings. The quantitative estimate of drug-likeness (QED) is 0.732. The lowest BCUT2D eigenvalue weighted by atomic mass is 10.5. The summed E-state index contributed by atoms with van der Waals surface area (Å²) in [4.78, 5) is 30.1. The van der Waals surface area contributed by atoms with Gasteiger partial charge in [0.05, 0.1) is 0 Å². The fourth-order valence-electron chi connectivity index (χ4n) is 1.26. The SMILES string of the molecule is O=C(O)CONC(=O)c1cn2ccccc2n1. The lowest BCUT2D eigenvalue weighted by Crippen LogP contribution is -2.26. The maximum absolute atomic E-state index is 11.5. The average molecular weight is 235 g/mol. The highest BCUT2D eigenvalue weighted by atomic mass is 16.7. The summed E-state index contributed by atoms with van der Waals surface area (Å²) in [5, 5.41) is 8.32. The highest BCUT2D eigenvalue weighted by Gasteiger charge is 2.10. The Kier molecular flexibility index (Phi) is 3.01. The zero-order valence-corrected chi connectivity index (χ0v) is 8.66. The molecule has 0 fully saturated rings. The van der Waals surface area contributed by atoms with E-state index in [1.807, 2.05) is 5.48 Å². The van der Waals surface area contributed by atoms with E-state index >= 15 is 0 Å². The zero-order chi connectivity index (χ0) is 12.3. The van der Waals surface area contributed by atoms with E-state index in [0.29, 0.717) is 5.65 Å². The number of pyridine rings is 1. The van der Waals surface area contributed by atoms with Crippen LogP contribution < -0.4 is 5.48 Å². The van der Waals surface area contributed by atoms with Crippen molar-refractivity contribution in [2.24, 2.45) is 0 Å². The Balaban J connectivity index is 2.06. The number of fused-ring (bicyclic) bond motifs is 1. The van der Waals surface area contributed by atoms with Gasteiger partial charge < -0.3 is 9.51 Å². The molecular formula is C10H9N3O4. The van der Waals surface area contributed by atoms with Crippen molar-refractivity contribution in [2.45, 2.75) is 0 Å². The van der Waals surface area contributed by atoms with E-state index < -0.39 is 18.5 Å². The van der Waals surface area contributed by atoms with Crippen LogP contribution in [0.3, 0.4) is 0 Å². The van der Waals surface area contributed by atoms with E-state index in [-0.39, 0.29) is 5.69 Å². The third kappa shape index (κ3) is 2.58. The molecule has 2 aromatic rings. The number of aromatic nitrogens is 2. The van der Waals surface area contributed by atoms with Gasteiger partial charge in [-0.15, -0.1) is 0 Å². The van der Waals surface area contributed by atoms with Gasteiger partial charge in [-0.1, -0.05) is 6.07 Å². The summed E-state index contributed by atoms with van der Waals surface area (Å²) in [6.45, 7) is -0.598. The average Bonchev–Trinajstić information content (AvgIpc) is 2.71. The minimum atomic E-state index is -1.17. The fraction of sp³-hybridized carbons (Fsp3) is 0.100. The van der Waals surface area contributed by atoms with Crippen molar-refractivity contribution in [2.75, 3.05) is 6.61 Å². The number of imidazole rings is 1. The Bertz CT molecular complexity index is 530. The first-order chi connectivity index (χ1) is 8.16. The molecule has 0 aliphatic heterocycles. The van der Waals surface area contributed by atoms with Crippen LogP contribution in [0.5, 0.6) is 0 Å². The maximum Gasteiger partial charge on any atom is 0.332 e. The number of carboxylic acids is 1. The van der Waals surface area contributed by atoms with Gasteiger partial charge in [-0.3, -0.25) is 9.63 Å². The van der Waals surface area contributed by atoms with Crippen LogP contribution in [0.15, 0.2) is 30.6 Å². The molecule has 2 aromatic heterocycles. The van der Waals surface area contributed by atoms with E-state index in [9.17, 15) is 9.59 Å². The molecule has 7 heteroatoms. The topological polar surface area (TPSA) is 92.9 Å². The standard InChI is InChI=1S/C10H9N3O4/c14-9(15)6-17-12-10(16)7-5-13-4-2-1-3-8(13)11-7/h1-5H,6H2,(H,12,16)(H,14,15). The Morgan fingerprint density at radius 1 is 1.47 bits per heavy atom. The smallest absolute Gasteiger partial charge is 0.332 e. The van der Waals surface area contributed by atoms with Gasteiger partial charge in [0.25, 0.3) is 5.91 Å². The minimum absolute atomic E-state index is 0.154. The number of carbonyl (C=O) groups is 2. The van der Waals surface area contributed by atoms with Crippen LogP contribution in [-0.4, -0.2) is 33.0 Å². The number of carbonyl (C=O) groups excluding carboxylic acids is 1. The second-order valence-electron chi connectivity index (χ2n) is 3.21. The molecule has 1 amide bonds. The summed E-state index contributed by atoms with van der Waals surface area (Å²) >= 11 is 0. The lowest BCUT2D eigenvalue weighted by Gasteiger charge is -1.99. The van der Waals surface area contributed by atoms with Gasteiger partial charge in [0, 0.05) is 12.4 Å². The Hall–Kier alpha value is -2.41. The number of hydroxylamine groups is 1. The van der Waals surface area contributed by atoms with Gasteiger partial charge in [-0.05, 0) is 12.1 Å². The number of nitrogens with one attached hydrogen (secondary N) is 1. The normalized spacial score (nSPS) is 10.4. The maximum atomic E-state index is 11.5. The highest BCUT2D eigenvalue weighted by Crippen LogP contribution is 2.03. The molecule has 2 heterocycles. The van der Waals surface area contributed by atoms with Gasteiger partial charge in [0.2, 0.25) is 0 Å². The Morgan fingerprint density at radius 3 is 3.00 bits per heavy atom. The molecule has 0 saturated carbocycles. The van der Waals surface area contributed by atoms with Crippen LogP contribution in [0, 0.1) is 0 Å². The zero-order valence-electron chi connectivity index (χ0n) is 8.66. The van der Waals surface area contributed by atoms with Crippen LogP contribution in [0.2, 0.25) is 0 Å². The molecular weight excluding hydrogens is 226 g/mol. The number of hydrogen-bond donors (Lipinski definition) is 2. The molecule has 2 rings (SSSR count). The molecule has 0 spiro atoms. The molecule has 0 unspecified atom stereocenters. The van der Waals surface area contributed by atoms with Crippen molar-refractivity contribution in [1.29, 1.82) is 0 Å². The summed E-state index contributed by atoms with van der Waals surface area (Å²) in [5.74, 6) is -1.75. The third-order valence-electron chi connectivity index (χ3n) is 1.96. The molecule has 2 N–H and O–H groups in total. The molecule has 0 saturated heterocycles. The second kappa shape index (κ2) is 4.62. The van der Waals surface area contributed by atoms with Crippen molar-refractivity contribution < 1.29 is 19.5 Å². The van der Waals surface area contributed by atoms with Crippen molar-refractivity contribution >= 4 is 17.5 Å². The van der Waals surface area contributed by atoms with Gasteiger partial charge >= 0.3 is 5.97 Å². The van der Waals surface area contributed by atoms with Crippen molar-refractivity contribution in [3.63, 3.8) is 0 Å². The lowest BCUT2D eigenvalue weighted by molar-refractivity contribution is -0.144. The number of rotatable bonds is 4. The van der Waals surface area contributed by atoms with Crippen molar-refractivity contribution in [3.8, 4) is 0 Å². The van der Waals surface area contributed by atoms with Crippen LogP contribution in [-0.2, 0) is 9.63 Å². The summed E-state index contributed by atoms with van der Waals surface area (Å²) in [6, 6.07) is 5.34. The number of nitrogens with zero attached hydrogens (tertiary/aromatic N) is 2. The first-order valence-electron chi connectivity index (χ1n) is 4.74. The third-order valence-corrected chi connectivity index (χ3v) is 1.96. The number of aliphatic carboxylic acids is 1. The van der Waals surface area contributed by atoms with Gasteiger partial charge in [-0.25, -0.2) is 15.3 Å². The number of hydrogen-bond acceptors (Lipinski definition) is 4. The van der Waals surface area contributed by atoms with Crippen LogP contribution in [0.4, 0.5) is 0 Å². The van der Waals surface area contributed by atoms with E-state index in [0.717, 1.165) is 0 Å². The Morgan fingerprint density at radius 2 is 2.29 bits per heavy atom.